The summed E-state index contributed by atoms with van der Waals surface area (Å²) in [6.07, 6.45) is 2.71. The third-order valence-corrected chi connectivity index (χ3v) is 6.26. The van der Waals surface area contributed by atoms with Gasteiger partial charge in [-0.2, -0.15) is 0 Å². The molecule has 2 unspecified atom stereocenters. The highest BCUT2D eigenvalue weighted by Crippen LogP contribution is 2.25. The maximum absolute atomic E-state index is 13.6. The summed E-state index contributed by atoms with van der Waals surface area (Å²) < 4.78 is 19.2. The summed E-state index contributed by atoms with van der Waals surface area (Å²) in [5.41, 5.74) is 2.54. The van der Waals surface area contributed by atoms with E-state index in [9.17, 15) is 14.0 Å². The van der Waals surface area contributed by atoms with Crippen LogP contribution in [0.25, 0.3) is 0 Å². The van der Waals surface area contributed by atoms with Crippen molar-refractivity contribution in [3.05, 3.63) is 107 Å². The number of rotatable bonds is 10. The fraction of sp³-hybridized carbons (Fsp3) is 0.310. The molecule has 3 aromatic rings. The van der Waals surface area contributed by atoms with Gasteiger partial charge in [-0.05, 0) is 48.1 Å². The number of nitrogens with zero attached hydrogens (tertiary/aromatic N) is 1. The van der Waals surface area contributed by atoms with Gasteiger partial charge in [0.1, 0.15) is 11.9 Å². The number of halogens is 1. The number of amides is 2. The lowest BCUT2D eigenvalue weighted by atomic mass is 10.0. The topological polar surface area (TPSA) is 58.6 Å². The van der Waals surface area contributed by atoms with Gasteiger partial charge >= 0.3 is 0 Å². The molecule has 1 aliphatic rings. The van der Waals surface area contributed by atoms with Gasteiger partial charge in [-0.3, -0.25) is 9.59 Å². The summed E-state index contributed by atoms with van der Waals surface area (Å²) in [7, 11) is 0. The van der Waals surface area contributed by atoms with E-state index in [-0.39, 0.29) is 36.7 Å². The Bertz CT molecular complexity index is 1080. The Labute approximate surface area is 205 Å². The molecule has 0 aromatic heterocycles. The van der Waals surface area contributed by atoms with Gasteiger partial charge in [0.25, 0.3) is 0 Å². The summed E-state index contributed by atoms with van der Waals surface area (Å²) in [4.78, 5) is 28.8. The molecule has 1 heterocycles. The van der Waals surface area contributed by atoms with Crippen LogP contribution < -0.4 is 5.32 Å². The van der Waals surface area contributed by atoms with Crippen molar-refractivity contribution in [2.24, 2.45) is 0 Å². The Morgan fingerprint density at radius 3 is 2.29 bits per heavy atom. The van der Waals surface area contributed by atoms with Crippen LogP contribution in [0.2, 0.25) is 0 Å². The minimum atomic E-state index is -0.814. The second-order valence-electron chi connectivity index (χ2n) is 8.83. The van der Waals surface area contributed by atoms with Crippen molar-refractivity contribution in [1.82, 2.24) is 10.2 Å². The quantitative estimate of drug-likeness (QED) is 0.458. The van der Waals surface area contributed by atoms with E-state index in [1.807, 2.05) is 60.7 Å². The molecule has 6 heteroatoms. The molecule has 182 valence electrons. The lowest BCUT2D eigenvalue weighted by molar-refractivity contribution is -0.141. The van der Waals surface area contributed by atoms with E-state index < -0.39 is 6.04 Å². The molecule has 0 spiro atoms. The van der Waals surface area contributed by atoms with Gasteiger partial charge in [0.05, 0.1) is 6.10 Å². The predicted molar refractivity (Wildman–Crippen MR) is 133 cm³/mol. The van der Waals surface area contributed by atoms with Gasteiger partial charge in [0.15, 0.2) is 0 Å². The molecule has 1 fully saturated rings. The predicted octanol–water partition coefficient (Wildman–Crippen LogP) is 4.82. The number of hydrogen-bond acceptors (Lipinski definition) is 3. The minimum absolute atomic E-state index is 0.00490. The zero-order valence-electron chi connectivity index (χ0n) is 19.7. The standard InChI is InChI=1S/C29H31FN2O3/c30-25-16-13-23(14-17-25)21-32(27(33)18-15-22-8-3-1-4-9-22)28(24-10-5-2-6-11-24)29(34)31-20-26-12-7-19-35-26/h1-6,8-11,13-14,16-17,26,28H,7,12,15,18-21H2,(H,31,34). The van der Waals surface area contributed by atoms with Crippen molar-refractivity contribution in [3.8, 4) is 0 Å². The molecule has 35 heavy (non-hydrogen) atoms. The molecule has 3 aromatic carbocycles. The smallest absolute Gasteiger partial charge is 0.247 e. The van der Waals surface area contributed by atoms with Crippen molar-refractivity contribution >= 4 is 11.8 Å². The molecule has 0 aliphatic carbocycles. The Kier molecular flexibility index (Phi) is 8.63. The van der Waals surface area contributed by atoms with E-state index in [1.165, 1.54) is 12.1 Å². The highest BCUT2D eigenvalue weighted by Gasteiger charge is 2.32. The van der Waals surface area contributed by atoms with Crippen LogP contribution in [0, 0.1) is 5.82 Å². The monoisotopic (exact) mass is 474 g/mol. The maximum Gasteiger partial charge on any atom is 0.247 e. The normalized spacial score (nSPS) is 16.0. The Morgan fingerprint density at radius 2 is 1.63 bits per heavy atom. The van der Waals surface area contributed by atoms with E-state index in [2.05, 4.69) is 5.32 Å². The summed E-state index contributed by atoms with van der Waals surface area (Å²) in [6.45, 7) is 1.31. The average molecular weight is 475 g/mol. The van der Waals surface area contributed by atoms with Crippen molar-refractivity contribution in [2.75, 3.05) is 13.2 Å². The first-order valence-corrected chi connectivity index (χ1v) is 12.1. The van der Waals surface area contributed by atoms with Crippen molar-refractivity contribution < 1.29 is 18.7 Å². The molecule has 1 saturated heterocycles. The molecular weight excluding hydrogens is 443 g/mol. The number of aryl methyl sites for hydroxylation is 1. The fourth-order valence-corrected chi connectivity index (χ4v) is 4.37. The molecule has 2 atom stereocenters. The van der Waals surface area contributed by atoms with E-state index in [0.29, 0.717) is 19.6 Å². The molecule has 0 bridgehead atoms. The van der Waals surface area contributed by atoms with Crippen LogP contribution in [0.15, 0.2) is 84.9 Å². The van der Waals surface area contributed by atoms with Crippen LogP contribution >= 0.6 is 0 Å². The fourth-order valence-electron chi connectivity index (χ4n) is 4.37. The Hall–Kier alpha value is -3.51. The third-order valence-electron chi connectivity index (χ3n) is 6.26. The third kappa shape index (κ3) is 6.99. The van der Waals surface area contributed by atoms with Crippen LogP contribution in [0.3, 0.4) is 0 Å². The lowest BCUT2D eigenvalue weighted by Gasteiger charge is -2.32. The molecule has 5 nitrogen and oxygen atoms in total. The highest BCUT2D eigenvalue weighted by atomic mass is 19.1. The zero-order chi connectivity index (χ0) is 24.5. The van der Waals surface area contributed by atoms with Crippen LogP contribution in [0.5, 0.6) is 0 Å². The number of carbonyl (C=O) groups excluding carboxylic acids is 2. The maximum atomic E-state index is 13.6. The summed E-state index contributed by atoms with van der Waals surface area (Å²) in [5, 5.41) is 3.01. The van der Waals surface area contributed by atoms with E-state index in [0.717, 1.165) is 29.5 Å². The number of ether oxygens (including phenoxy) is 1. The number of hydrogen-bond donors (Lipinski definition) is 1. The second kappa shape index (κ2) is 12.3. The molecule has 0 radical (unpaired) electrons. The van der Waals surface area contributed by atoms with Gasteiger partial charge < -0.3 is 15.0 Å². The van der Waals surface area contributed by atoms with Crippen molar-refractivity contribution in [2.45, 2.75) is 44.4 Å². The molecule has 4 rings (SSSR count). The molecular formula is C29H31FN2O3. The summed E-state index contributed by atoms with van der Waals surface area (Å²) in [5.74, 6) is -0.731. The molecule has 1 aliphatic heterocycles. The molecule has 1 N–H and O–H groups in total. The van der Waals surface area contributed by atoms with Gasteiger partial charge in [0, 0.05) is 26.1 Å². The van der Waals surface area contributed by atoms with E-state index in [4.69, 9.17) is 4.74 Å². The van der Waals surface area contributed by atoms with Crippen molar-refractivity contribution in [3.63, 3.8) is 0 Å². The van der Waals surface area contributed by atoms with Gasteiger partial charge in [0.2, 0.25) is 11.8 Å². The lowest BCUT2D eigenvalue weighted by Crippen LogP contribution is -2.45. The van der Waals surface area contributed by atoms with E-state index in [1.54, 1.807) is 17.0 Å². The minimum Gasteiger partial charge on any atom is -0.376 e. The van der Waals surface area contributed by atoms with Crippen molar-refractivity contribution in [1.29, 1.82) is 0 Å². The van der Waals surface area contributed by atoms with Crippen LogP contribution in [0.1, 0.15) is 42.0 Å². The number of benzene rings is 3. The van der Waals surface area contributed by atoms with Crippen LogP contribution in [-0.2, 0) is 27.3 Å². The number of carbonyl (C=O) groups is 2. The summed E-state index contributed by atoms with van der Waals surface area (Å²) in [6, 6.07) is 24.4. The first-order chi connectivity index (χ1) is 17.1. The van der Waals surface area contributed by atoms with Gasteiger partial charge in [-0.1, -0.05) is 72.8 Å². The SMILES string of the molecule is O=C(NCC1CCCO1)C(c1ccccc1)N(Cc1ccc(F)cc1)C(=O)CCc1ccccc1. The Morgan fingerprint density at radius 1 is 0.943 bits per heavy atom. The van der Waals surface area contributed by atoms with Gasteiger partial charge in [-0.25, -0.2) is 4.39 Å². The Balaban J connectivity index is 1.60. The van der Waals surface area contributed by atoms with Crippen LogP contribution in [0.4, 0.5) is 4.39 Å². The summed E-state index contributed by atoms with van der Waals surface area (Å²) >= 11 is 0. The zero-order valence-corrected chi connectivity index (χ0v) is 19.7. The highest BCUT2D eigenvalue weighted by molar-refractivity contribution is 5.88. The average Bonchev–Trinajstić information content (AvgIpc) is 3.42. The number of nitrogens with one attached hydrogen (secondary N) is 1. The first-order valence-electron chi connectivity index (χ1n) is 12.1. The second-order valence-corrected chi connectivity index (χ2v) is 8.83. The van der Waals surface area contributed by atoms with Gasteiger partial charge in [-0.15, -0.1) is 0 Å². The largest absolute Gasteiger partial charge is 0.376 e. The van der Waals surface area contributed by atoms with Crippen LogP contribution in [-0.4, -0.2) is 36.0 Å². The van der Waals surface area contributed by atoms with E-state index >= 15 is 0 Å². The first kappa shape index (κ1) is 24.6. The molecule has 0 saturated carbocycles. The molecule has 2 amide bonds.